The molecule has 0 amide bonds. The molecule has 5 rings (SSSR count). The van der Waals surface area contributed by atoms with Crippen molar-refractivity contribution >= 4 is 33.3 Å². The molecule has 156 valence electrons. The lowest BCUT2D eigenvalue weighted by molar-refractivity contribution is 0.766. The quantitative estimate of drug-likeness (QED) is 0.446. The third-order valence-corrected chi connectivity index (χ3v) is 6.07. The second-order valence-electron chi connectivity index (χ2n) is 7.62. The first kappa shape index (κ1) is 19.3. The summed E-state index contributed by atoms with van der Waals surface area (Å²) in [5, 5.41) is 22.1. The van der Waals surface area contributed by atoms with Gasteiger partial charge in [-0.25, -0.2) is 4.98 Å². The summed E-state index contributed by atoms with van der Waals surface area (Å²) in [6.07, 6.45) is 7.51. The third kappa shape index (κ3) is 3.66. The average molecular weight is 432 g/mol. The number of aryl methyl sites for hydroxylation is 2. The Labute approximate surface area is 182 Å². The van der Waals surface area contributed by atoms with Crippen LogP contribution in [0.3, 0.4) is 0 Å². The zero-order valence-corrected chi connectivity index (χ0v) is 18.4. The van der Waals surface area contributed by atoms with Crippen LogP contribution in [0.15, 0.2) is 43.0 Å². The monoisotopic (exact) mass is 431 g/mol. The number of rotatable bonds is 5. The van der Waals surface area contributed by atoms with Crippen molar-refractivity contribution in [2.75, 3.05) is 5.32 Å². The fourth-order valence-corrected chi connectivity index (χ4v) is 4.14. The first-order chi connectivity index (χ1) is 15.0. The first-order valence-corrected chi connectivity index (χ1v) is 10.7. The number of nitrogens with zero attached hydrogens (tertiary/aromatic N) is 8. The molecule has 0 bridgehead atoms. The highest BCUT2D eigenvalue weighted by atomic mass is 32.1. The molecule has 0 unspecified atom stereocenters. The van der Waals surface area contributed by atoms with Crippen molar-refractivity contribution in [3.8, 4) is 22.4 Å². The van der Waals surface area contributed by atoms with Crippen LogP contribution in [0.25, 0.3) is 33.4 Å². The van der Waals surface area contributed by atoms with Crippen LogP contribution in [0, 0.1) is 0 Å². The Kier molecular flexibility index (Phi) is 4.70. The Bertz CT molecular complexity index is 1380. The van der Waals surface area contributed by atoms with Gasteiger partial charge < -0.3 is 5.32 Å². The summed E-state index contributed by atoms with van der Waals surface area (Å²) in [4.78, 5) is 9.35. The van der Waals surface area contributed by atoms with E-state index in [0.717, 1.165) is 43.6 Å². The molecule has 0 saturated carbocycles. The minimum atomic E-state index is 0.345. The highest BCUT2D eigenvalue weighted by Gasteiger charge is 2.16. The zero-order valence-electron chi connectivity index (χ0n) is 17.6. The molecular weight excluding hydrogens is 410 g/mol. The molecule has 0 atom stereocenters. The summed E-state index contributed by atoms with van der Waals surface area (Å²) in [5.41, 5.74) is 5.52. The molecule has 0 saturated heterocycles. The van der Waals surface area contributed by atoms with Crippen molar-refractivity contribution < 1.29 is 0 Å². The van der Waals surface area contributed by atoms with Gasteiger partial charge in [0.1, 0.15) is 10.8 Å². The van der Waals surface area contributed by atoms with Crippen molar-refractivity contribution in [2.45, 2.75) is 19.8 Å². The number of hydrogen-bond acceptors (Lipinski definition) is 8. The number of fused-ring (bicyclic) bond motifs is 1. The van der Waals surface area contributed by atoms with Gasteiger partial charge in [-0.2, -0.15) is 10.2 Å². The van der Waals surface area contributed by atoms with Gasteiger partial charge >= 0.3 is 0 Å². The van der Waals surface area contributed by atoms with E-state index in [1.54, 1.807) is 4.68 Å². The summed E-state index contributed by atoms with van der Waals surface area (Å²) in [5.74, 6) is 1.05. The molecule has 1 N–H and O–H groups in total. The topological polar surface area (TPSA) is 99.2 Å². The molecule has 0 aromatic carbocycles. The van der Waals surface area contributed by atoms with E-state index in [9.17, 15) is 0 Å². The van der Waals surface area contributed by atoms with E-state index in [-0.39, 0.29) is 0 Å². The maximum Gasteiger partial charge on any atom is 0.211 e. The first-order valence-electron chi connectivity index (χ1n) is 9.86. The molecule has 0 aliphatic heterocycles. The second kappa shape index (κ2) is 7.55. The molecule has 0 aliphatic carbocycles. The summed E-state index contributed by atoms with van der Waals surface area (Å²) in [6, 6.07) is 5.88. The maximum absolute atomic E-state index is 4.75. The van der Waals surface area contributed by atoms with Crippen LogP contribution < -0.4 is 5.32 Å². The van der Waals surface area contributed by atoms with E-state index in [1.165, 1.54) is 11.3 Å². The zero-order chi connectivity index (χ0) is 21.5. The maximum atomic E-state index is 4.75. The lowest BCUT2D eigenvalue weighted by Gasteiger charge is -2.07. The summed E-state index contributed by atoms with van der Waals surface area (Å²) in [7, 11) is 3.83. The second-order valence-corrected chi connectivity index (χ2v) is 8.63. The molecule has 0 spiro atoms. The van der Waals surface area contributed by atoms with Crippen molar-refractivity contribution in [3.63, 3.8) is 0 Å². The van der Waals surface area contributed by atoms with Gasteiger partial charge in [-0.15, -0.1) is 10.2 Å². The summed E-state index contributed by atoms with van der Waals surface area (Å²) < 4.78 is 3.63. The highest BCUT2D eigenvalue weighted by Crippen LogP contribution is 2.32. The molecule has 31 heavy (non-hydrogen) atoms. The van der Waals surface area contributed by atoms with Gasteiger partial charge in [0.15, 0.2) is 0 Å². The van der Waals surface area contributed by atoms with Crippen molar-refractivity contribution in [2.24, 2.45) is 14.1 Å². The van der Waals surface area contributed by atoms with E-state index in [4.69, 9.17) is 4.98 Å². The van der Waals surface area contributed by atoms with E-state index >= 15 is 0 Å². The lowest BCUT2D eigenvalue weighted by Crippen LogP contribution is -1.95. The van der Waals surface area contributed by atoms with E-state index < -0.39 is 0 Å². The van der Waals surface area contributed by atoms with Crippen LogP contribution in [0.4, 0.5) is 10.9 Å². The van der Waals surface area contributed by atoms with E-state index in [2.05, 4.69) is 44.5 Å². The van der Waals surface area contributed by atoms with Crippen molar-refractivity contribution in [3.05, 3.63) is 48.0 Å². The van der Waals surface area contributed by atoms with Crippen LogP contribution in [0.2, 0.25) is 0 Å². The predicted octanol–water partition coefficient (Wildman–Crippen LogP) is 4.15. The van der Waals surface area contributed by atoms with Gasteiger partial charge in [-0.05, 0) is 18.2 Å². The Morgan fingerprint density at radius 3 is 2.58 bits per heavy atom. The molecule has 5 aromatic rings. The van der Waals surface area contributed by atoms with Gasteiger partial charge in [0.05, 0.1) is 29.1 Å². The molecule has 5 aromatic heterocycles. The molecular formula is C21H21N9S. The highest BCUT2D eigenvalue weighted by molar-refractivity contribution is 7.15. The SMILES string of the molecule is CC(C)c1nnc(Nc2ccc3ncc(-c4cnn(C)c4-c4cnn(C)c4)cc3n2)s1. The van der Waals surface area contributed by atoms with Crippen LogP contribution in [0.5, 0.6) is 0 Å². The Hall–Kier alpha value is -3.66. The third-order valence-electron chi connectivity index (χ3n) is 4.93. The minimum Gasteiger partial charge on any atom is -0.315 e. The van der Waals surface area contributed by atoms with Crippen LogP contribution in [-0.2, 0) is 14.1 Å². The van der Waals surface area contributed by atoms with E-state index in [0.29, 0.717) is 11.7 Å². The fourth-order valence-electron chi connectivity index (χ4n) is 3.39. The fraction of sp³-hybridized carbons (Fsp3) is 0.238. The molecule has 5 heterocycles. The summed E-state index contributed by atoms with van der Waals surface area (Å²) in [6.45, 7) is 4.20. The summed E-state index contributed by atoms with van der Waals surface area (Å²) >= 11 is 1.54. The number of aromatic nitrogens is 8. The number of anilines is 2. The smallest absolute Gasteiger partial charge is 0.211 e. The molecule has 9 nitrogen and oxygen atoms in total. The predicted molar refractivity (Wildman–Crippen MR) is 121 cm³/mol. The standard InChI is InChI=1S/C21H21N9S/c1-12(2)20-27-28-21(31-20)26-18-6-5-16-17(25-18)7-13(8-22-16)15-10-24-30(4)19(15)14-9-23-29(3)11-14/h5-12H,1-4H3,(H,25,26,28). The number of hydrogen-bond donors (Lipinski definition) is 1. The Balaban J connectivity index is 1.51. The Morgan fingerprint density at radius 2 is 1.84 bits per heavy atom. The van der Waals surface area contributed by atoms with Crippen molar-refractivity contribution in [1.82, 2.24) is 39.7 Å². The number of nitrogens with one attached hydrogen (secondary N) is 1. The van der Waals surface area contributed by atoms with Gasteiger partial charge in [-0.1, -0.05) is 25.2 Å². The Morgan fingerprint density at radius 1 is 0.968 bits per heavy atom. The van der Waals surface area contributed by atoms with Gasteiger partial charge in [0.2, 0.25) is 5.13 Å². The van der Waals surface area contributed by atoms with Crippen molar-refractivity contribution in [1.29, 1.82) is 0 Å². The average Bonchev–Trinajstić information content (AvgIpc) is 3.47. The normalized spacial score (nSPS) is 11.5. The minimum absolute atomic E-state index is 0.345. The lowest BCUT2D eigenvalue weighted by atomic mass is 10.0. The van der Waals surface area contributed by atoms with E-state index in [1.807, 2.05) is 61.8 Å². The molecule has 10 heteroatoms. The molecule has 0 radical (unpaired) electrons. The van der Waals surface area contributed by atoms with Crippen LogP contribution >= 0.6 is 11.3 Å². The van der Waals surface area contributed by atoms with Gasteiger partial charge in [0, 0.05) is 49.1 Å². The van der Waals surface area contributed by atoms with Gasteiger partial charge in [-0.3, -0.25) is 14.3 Å². The number of pyridine rings is 2. The molecule has 0 fully saturated rings. The molecule has 0 aliphatic rings. The van der Waals surface area contributed by atoms with Crippen LogP contribution in [-0.4, -0.2) is 39.7 Å². The largest absolute Gasteiger partial charge is 0.315 e. The van der Waals surface area contributed by atoms with Gasteiger partial charge in [0.25, 0.3) is 0 Å². The van der Waals surface area contributed by atoms with Crippen LogP contribution in [0.1, 0.15) is 24.8 Å².